The maximum absolute atomic E-state index is 12.4. The van der Waals surface area contributed by atoms with Gasteiger partial charge in [-0.25, -0.2) is 0 Å². The number of hydrogen-bond donors (Lipinski definition) is 1. The third kappa shape index (κ3) is 72.3. The van der Waals surface area contributed by atoms with Gasteiger partial charge in [-0.15, -0.1) is 0 Å². The first kappa shape index (κ1) is 81.9. The van der Waals surface area contributed by atoms with Crippen molar-refractivity contribution in [1.82, 2.24) is 0 Å². The molecule has 0 aliphatic rings. The van der Waals surface area contributed by atoms with Gasteiger partial charge in [0.15, 0.2) is 6.10 Å². The molecule has 0 aromatic rings. The number of aliphatic hydroxyl groups excluding tert-OH is 1. The lowest BCUT2D eigenvalue weighted by Gasteiger charge is -2.15. The van der Waals surface area contributed by atoms with Crippen molar-refractivity contribution in [2.45, 2.75) is 431 Å². The van der Waals surface area contributed by atoms with Crippen LogP contribution in [0.2, 0.25) is 0 Å². The average Bonchev–Trinajstić information content (AvgIpc) is 3.51. The molecule has 0 aromatic carbocycles. The summed E-state index contributed by atoms with van der Waals surface area (Å²) in [5.41, 5.74) is 0. The first-order valence-corrected chi connectivity index (χ1v) is 38.2. The second-order valence-corrected chi connectivity index (χ2v) is 26.1. The van der Waals surface area contributed by atoms with E-state index in [4.69, 9.17) is 9.47 Å². The maximum Gasteiger partial charge on any atom is 0.306 e. The Bertz CT molecular complexity index is 1380. The Morgan fingerprint density at radius 2 is 0.476 bits per heavy atom. The van der Waals surface area contributed by atoms with Crippen molar-refractivity contribution in [2.75, 3.05) is 13.2 Å². The van der Waals surface area contributed by atoms with E-state index in [2.05, 4.69) is 62.5 Å². The molecule has 0 aliphatic carbocycles. The van der Waals surface area contributed by atoms with Crippen LogP contribution >= 0.6 is 0 Å². The van der Waals surface area contributed by atoms with E-state index < -0.39 is 6.10 Å². The molecular weight excluding hydrogens is 1030 g/mol. The molecule has 0 saturated carbocycles. The number of unbranched alkanes of at least 4 members (excludes halogenated alkanes) is 56. The highest BCUT2D eigenvalue weighted by atomic mass is 16.6. The van der Waals surface area contributed by atoms with E-state index in [-0.39, 0.29) is 25.2 Å². The number of carbonyl (C=O) groups is 2. The van der Waals surface area contributed by atoms with Gasteiger partial charge in [-0.2, -0.15) is 0 Å². The Kier molecular flexibility index (Phi) is 73.2. The predicted octanol–water partition coefficient (Wildman–Crippen LogP) is 26.7. The number of carbonyl (C=O) groups excluding carboxylic acids is 2. The van der Waals surface area contributed by atoms with E-state index >= 15 is 0 Å². The molecule has 0 radical (unpaired) electrons. The van der Waals surface area contributed by atoms with Gasteiger partial charge in [-0.05, 0) is 77.0 Å². The second-order valence-electron chi connectivity index (χ2n) is 26.1. The normalized spacial score (nSPS) is 12.4. The number of aliphatic hydroxyl groups is 1. The quantitative estimate of drug-likeness (QED) is 0.0373. The average molecular weight is 1180 g/mol. The lowest BCUT2D eigenvalue weighted by Crippen LogP contribution is -2.28. The molecule has 1 atom stereocenters. The first-order chi connectivity index (χ1) is 41.6. The summed E-state index contributed by atoms with van der Waals surface area (Å²) in [6.07, 6.45) is 102. The van der Waals surface area contributed by atoms with Crippen molar-refractivity contribution < 1.29 is 24.2 Å². The molecule has 0 bridgehead atoms. The first-order valence-electron chi connectivity index (χ1n) is 38.2. The minimum absolute atomic E-state index is 0.0604. The molecule has 0 rings (SSSR count). The topological polar surface area (TPSA) is 72.8 Å². The summed E-state index contributed by atoms with van der Waals surface area (Å²) in [6.45, 7) is 4.19. The minimum Gasteiger partial charge on any atom is -0.462 e. The number of rotatable bonds is 72. The maximum atomic E-state index is 12.4. The van der Waals surface area contributed by atoms with Crippen LogP contribution in [0.3, 0.4) is 0 Å². The lowest BCUT2D eigenvalue weighted by atomic mass is 10.0. The Hall–Kier alpha value is -2.14. The predicted molar refractivity (Wildman–Crippen MR) is 371 cm³/mol. The van der Waals surface area contributed by atoms with Crippen LogP contribution in [0, 0.1) is 0 Å². The van der Waals surface area contributed by atoms with Gasteiger partial charge in [0.25, 0.3) is 0 Å². The van der Waals surface area contributed by atoms with Gasteiger partial charge < -0.3 is 14.6 Å². The summed E-state index contributed by atoms with van der Waals surface area (Å²) in [6, 6.07) is 0. The van der Waals surface area contributed by atoms with Crippen molar-refractivity contribution in [3.05, 3.63) is 48.6 Å². The minimum atomic E-state index is -0.772. The van der Waals surface area contributed by atoms with Gasteiger partial charge in [0, 0.05) is 12.8 Å². The van der Waals surface area contributed by atoms with E-state index in [1.807, 2.05) is 0 Å². The van der Waals surface area contributed by atoms with E-state index in [9.17, 15) is 14.7 Å². The smallest absolute Gasteiger partial charge is 0.306 e. The van der Waals surface area contributed by atoms with Gasteiger partial charge in [-0.3, -0.25) is 9.59 Å². The van der Waals surface area contributed by atoms with Crippen LogP contribution in [-0.4, -0.2) is 36.4 Å². The number of esters is 2. The van der Waals surface area contributed by atoms with Crippen LogP contribution in [0.1, 0.15) is 425 Å². The van der Waals surface area contributed by atoms with Crippen LogP contribution < -0.4 is 0 Å². The van der Waals surface area contributed by atoms with Crippen molar-refractivity contribution in [3.63, 3.8) is 0 Å². The standard InChI is InChI=1S/C79H148O5/c1-3-5-7-9-11-13-15-17-19-21-23-25-27-29-31-33-35-36-37-38-39-40-41-42-44-45-47-49-51-53-55-57-59-61-63-65-67-69-71-73-78(81)83-76-77(75-80)84-79(82)74-72-70-68-66-64-62-60-58-56-54-52-50-48-46-43-34-32-30-28-26-24-22-20-18-16-14-12-10-8-6-4-2/h16,18,21-24,28,30,77,80H,3-15,17,19-20,25-27,29,31-76H2,1-2H3/b18-16-,23-21-,24-22-,30-28-. The fraction of sp³-hybridized carbons (Fsp3) is 0.873. The lowest BCUT2D eigenvalue weighted by molar-refractivity contribution is -0.161. The fourth-order valence-electron chi connectivity index (χ4n) is 11.9. The highest BCUT2D eigenvalue weighted by Gasteiger charge is 2.16. The highest BCUT2D eigenvalue weighted by Crippen LogP contribution is 2.19. The largest absolute Gasteiger partial charge is 0.462 e. The molecular formula is C79H148O5. The molecule has 0 fully saturated rings. The number of allylic oxidation sites excluding steroid dienone is 8. The fourth-order valence-corrected chi connectivity index (χ4v) is 11.9. The SMILES string of the molecule is CCCCCCC/C=C\C/C=C\C/C=C\CCCCCCCCCCCCCCCCCCC(=O)OC(CO)COC(=O)CCCCCCCCCCCCCCCCCCCCCCCCCCCCC/C=C\CCCCCCCCCC. The molecule has 0 amide bonds. The summed E-state index contributed by atoms with van der Waals surface area (Å²) in [7, 11) is 0. The molecule has 0 saturated heterocycles. The molecule has 5 heteroatoms. The molecule has 1 N–H and O–H groups in total. The third-order valence-electron chi connectivity index (χ3n) is 17.6. The summed E-state index contributed by atoms with van der Waals surface area (Å²) in [5, 5.41) is 9.72. The van der Waals surface area contributed by atoms with Crippen LogP contribution in [0.25, 0.3) is 0 Å². The molecule has 0 aromatic heterocycles. The van der Waals surface area contributed by atoms with Crippen LogP contribution in [0.5, 0.6) is 0 Å². The van der Waals surface area contributed by atoms with Gasteiger partial charge >= 0.3 is 11.9 Å². The van der Waals surface area contributed by atoms with E-state index in [0.717, 1.165) is 44.9 Å². The zero-order valence-corrected chi connectivity index (χ0v) is 56.9. The Morgan fingerprint density at radius 3 is 0.726 bits per heavy atom. The summed E-state index contributed by atoms with van der Waals surface area (Å²) >= 11 is 0. The summed E-state index contributed by atoms with van der Waals surface area (Å²) < 4.78 is 10.8. The van der Waals surface area contributed by atoms with Crippen LogP contribution in [0.4, 0.5) is 0 Å². The van der Waals surface area contributed by atoms with Gasteiger partial charge in [0.2, 0.25) is 0 Å². The van der Waals surface area contributed by atoms with Crippen molar-refractivity contribution in [3.8, 4) is 0 Å². The molecule has 5 nitrogen and oxygen atoms in total. The number of ether oxygens (including phenoxy) is 2. The van der Waals surface area contributed by atoms with E-state index in [1.165, 1.54) is 353 Å². The zero-order valence-electron chi connectivity index (χ0n) is 56.9. The van der Waals surface area contributed by atoms with E-state index in [1.54, 1.807) is 0 Å². The molecule has 0 aliphatic heterocycles. The Morgan fingerprint density at radius 1 is 0.274 bits per heavy atom. The van der Waals surface area contributed by atoms with Crippen LogP contribution in [0.15, 0.2) is 48.6 Å². The van der Waals surface area contributed by atoms with Crippen molar-refractivity contribution in [1.29, 1.82) is 0 Å². The summed E-state index contributed by atoms with van der Waals surface area (Å²) in [5.74, 6) is -0.567. The molecule has 0 heterocycles. The highest BCUT2D eigenvalue weighted by molar-refractivity contribution is 5.70. The van der Waals surface area contributed by atoms with Gasteiger partial charge in [0.05, 0.1) is 6.61 Å². The Balaban J connectivity index is 3.37. The van der Waals surface area contributed by atoms with Gasteiger partial charge in [-0.1, -0.05) is 383 Å². The van der Waals surface area contributed by atoms with Gasteiger partial charge in [0.1, 0.15) is 6.61 Å². The summed E-state index contributed by atoms with van der Waals surface area (Å²) in [4.78, 5) is 24.7. The third-order valence-corrected chi connectivity index (χ3v) is 17.6. The van der Waals surface area contributed by atoms with Crippen molar-refractivity contribution >= 4 is 11.9 Å². The van der Waals surface area contributed by atoms with E-state index in [0.29, 0.717) is 12.8 Å². The zero-order chi connectivity index (χ0) is 60.5. The molecule has 0 spiro atoms. The van der Waals surface area contributed by atoms with Crippen LogP contribution in [-0.2, 0) is 19.1 Å². The Labute approximate surface area is 526 Å². The monoisotopic (exact) mass is 1180 g/mol. The second kappa shape index (κ2) is 75.1. The molecule has 1 unspecified atom stereocenters. The number of hydrogen-bond acceptors (Lipinski definition) is 5. The molecule has 84 heavy (non-hydrogen) atoms. The van der Waals surface area contributed by atoms with Crippen molar-refractivity contribution in [2.24, 2.45) is 0 Å². The molecule has 494 valence electrons.